The summed E-state index contributed by atoms with van der Waals surface area (Å²) in [6.07, 6.45) is 0.712. The van der Waals surface area contributed by atoms with Crippen molar-refractivity contribution in [2.24, 2.45) is 0 Å². The molecule has 0 spiro atoms. The quantitative estimate of drug-likeness (QED) is 0.369. The molecule has 3 rings (SSSR count). The van der Waals surface area contributed by atoms with Gasteiger partial charge in [0, 0.05) is 18.2 Å². The summed E-state index contributed by atoms with van der Waals surface area (Å²) in [5, 5.41) is 0.363. The van der Waals surface area contributed by atoms with Gasteiger partial charge in [-0.05, 0) is 55.8 Å². The molecule has 0 bridgehead atoms. The number of para-hydroxylation sites is 1. The van der Waals surface area contributed by atoms with Gasteiger partial charge in [-0.15, -0.1) is 0 Å². The third-order valence-corrected chi connectivity index (χ3v) is 6.93. The summed E-state index contributed by atoms with van der Waals surface area (Å²) >= 11 is 6.26. The van der Waals surface area contributed by atoms with Crippen LogP contribution in [0.15, 0.2) is 77.7 Å². The van der Waals surface area contributed by atoms with Crippen molar-refractivity contribution in [2.75, 3.05) is 7.11 Å². The summed E-state index contributed by atoms with van der Waals surface area (Å²) in [5.74, 6) is 0.466. The molecule has 0 radical (unpaired) electrons. The Kier molecular flexibility index (Phi) is 8.00. The zero-order valence-corrected chi connectivity index (χ0v) is 20.3. The maximum absolute atomic E-state index is 13.3. The second-order valence-electron chi connectivity index (χ2n) is 7.49. The van der Waals surface area contributed by atoms with Crippen LogP contribution in [0.1, 0.15) is 36.2 Å². The standard InChI is InChI=1S/C25H26ClNO5S/c1-4-18(2)27(25(28)22-10-6-7-11-23(22)26)17-19-9-5-8-12-24(19)32-33(29,30)21-15-13-20(31-3)14-16-21/h5-16,18H,4,17H2,1-3H3/t18-/m0/s1. The first-order valence-electron chi connectivity index (χ1n) is 10.5. The number of amides is 1. The van der Waals surface area contributed by atoms with Gasteiger partial charge in [0.25, 0.3) is 5.91 Å². The lowest BCUT2D eigenvalue weighted by molar-refractivity contribution is 0.0671. The predicted octanol–water partition coefficient (Wildman–Crippen LogP) is 5.56. The number of rotatable bonds is 9. The number of halogens is 1. The van der Waals surface area contributed by atoms with Gasteiger partial charge in [-0.25, -0.2) is 0 Å². The Morgan fingerprint density at radius 2 is 1.64 bits per heavy atom. The SMILES string of the molecule is CC[C@H](C)N(Cc1ccccc1OS(=O)(=O)c1ccc(OC)cc1)C(=O)c1ccccc1Cl. The molecule has 0 saturated carbocycles. The Hall–Kier alpha value is -3.03. The maximum atomic E-state index is 13.3. The van der Waals surface area contributed by atoms with Crippen LogP contribution in [0.3, 0.4) is 0 Å². The summed E-state index contributed by atoms with van der Waals surface area (Å²) in [4.78, 5) is 15.0. The monoisotopic (exact) mass is 487 g/mol. The number of ether oxygens (including phenoxy) is 1. The molecule has 0 aliphatic heterocycles. The Morgan fingerprint density at radius 3 is 2.27 bits per heavy atom. The highest BCUT2D eigenvalue weighted by Crippen LogP contribution is 2.28. The molecule has 0 N–H and O–H groups in total. The highest BCUT2D eigenvalue weighted by Gasteiger charge is 2.25. The summed E-state index contributed by atoms with van der Waals surface area (Å²) in [6.45, 7) is 4.08. The molecule has 3 aromatic carbocycles. The molecule has 0 fully saturated rings. The van der Waals surface area contributed by atoms with E-state index in [1.807, 2.05) is 13.8 Å². The molecule has 0 aliphatic carbocycles. The zero-order chi connectivity index (χ0) is 24.0. The van der Waals surface area contributed by atoms with Crippen LogP contribution in [0.4, 0.5) is 0 Å². The first-order chi connectivity index (χ1) is 15.8. The highest BCUT2D eigenvalue weighted by atomic mass is 35.5. The molecule has 3 aromatic rings. The van der Waals surface area contributed by atoms with Gasteiger partial charge < -0.3 is 13.8 Å². The average Bonchev–Trinajstić information content (AvgIpc) is 2.82. The smallest absolute Gasteiger partial charge is 0.339 e. The second-order valence-corrected chi connectivity index (χ2v) is 9.44. The third kappa shape index (κ3) is 5.86. The third-order valence-electron chi connectivity index (χ3n) is 5.35. The summed E-state index contributed by atoms with van der Waals surface area (Å²) in [7, 11) is -2.58. The molecule has 1 amide bonds. The van der Waals surface area contributed by atoms with E-state index >= 15 is 0 Å². The van der Waals surface area contributed by atoms with Gasteiger partial charge in [0.05, 0.1) is 17.7 Å². The van der Waals surface area contributed by atoms with Crippen LogP contribution >= 0.6 is 11.6 Å². The number of nitrogens with zero attached hydrogens (tertiary/aromatic N) is 1. The Bertz CT molecular complexity index is 1210. The van der Waals surface area contributed by atoms with E-state index in [0.29, 0.717) is 28.3 Å². The van der Waals surface area contributed by atoms with Gasteiger partial charge in [-0.1, -0.05) is 48.9 Å². The molecular weight excluding hydrogens is 462 g/mol. The zero-order valence-electron chi connectivity index (χ0n) is 18.7. The van der Waals surface area contributed by atoms with Crippen LogP contribution in [0, 0.1) is 0 Å². The molecule has 33 heavy (non-hydrogen) atoms. The van der Waals surface area contributed by atoms with Crippen molar-refractivity contribution in [3.8, 4) is 11.5 Å². The minimum absolute atomic E-state index is 0.00373. The number of benzene rings is 3. The number of methoxy groups -OCH3 is 1. The van der Waals surface area contributed by atoms with E-state index in [1.54, 1.807) is 65.6 Å². The summed E-state index contributed by atoms with van der Waals surface area (Å²) < 4.78 is 36.3. The van der Waals surface area contributed by atoms with Gasteiger partial charge >= 0.3 is 10.1 Å². The number of hydrogen-bond acceptors (Lipinski definition) is 5. The van der Waals surface area contributed by atoms with Crippen molar-refractivity contribution in [1.82, 2.24) is 4.90 Å². The van der Waals surface area contributed by atoms with Crippen LogP contribution in [0.25, 0.3) is 0 Å². The van der Waals surface area contributed by atoms with Crippen molar-refractivity contribution in [1.29, 1.82) is 0 Å². The van der Waals surface area contributed by atoms with Crippen molar-refractivity contribution in [2.45, 2.75) is 37.8 Å². The van der Waals surface area contributed by atoms with Gasteiger partial charge in [-0.2, -0.15) is 8.42 Å². The van der Waals surface area contributed by atoms with Crippen molar-refractivity contribution >= 4 is 27.6 Å². The lowest BCUT2D eigenvalue weighted by atomic mass is 10.1. The number of hydrogen-bond donors (Lipinski definition) is 0. The van der Waals surface area contributed by atoms with Crippen molar-refractivity contribution in [3.05, 3.63) is 88.9 Å². The van der Waals surface area contributed by atoms with E-state index in [4.69, 9.17) is 20.5 Å². The van der Waals surface area contributed by atoms with E-state index in [0.717, 1.165) is 0 Å². The molecule has 8 heteroatoms. The van der Waals surface area contributed by atoms with E-state index in [-0.39, 0.29) is 29.1 Å². The van der Waals surface area contributed by atoms with Crippen molar-refractivity contribution < 1.29 is 22.1 Å². The van der Waals surface area contributed by atoms with Crippen LogP contribution in [-0.4, -0.2) is 32.4 Å². The van der Waals surface area contributed by atoms with Crippen molar-refractivity contribution in [3.63, 3.8) is 0 Å². The fourth-order valence-corrected chi connectivity index (χ4v) is 4.43. The number of carbonyl (C=O) groups excluding carboxylic acids is 1. The highest BCUT2D eigenvalue weighted by molar-refractivity contribution is 7.87. The fraction of sp³-hybridized carbons (Fsp3) is 0.240. The van der Waals surface area contributed by atoms with Crippen LogP contribution in [0.2, 0.25) is 5.02 Å². The normalized spacial score (nSPS) is 12.1. The number of carbonyl (C=O) groups is 1. The molecule has 0 heterocycles. The van der Waals surface area contributed by atoms with E-state index in [2.05, 4.69) is 0 Å². The molecule has 1 atom stereocenters. The molecule has 0 aromatic heterocycles. The van der Waals surface area contributed by atoms with Gasteiger partial charge in [0.1, 0.15) is 16.4 Å². The second kappa shape index (κ2) is 10.7. The Balaban J connectivity index is 1.91. The maximum Gasteiger partial charge on any atom is 0.339 e. The topological polar surface area (TPSA) is 72.9 Å². The average molecular weight is 488 g/mol. The minimum Gasteiger partial charge on any atom is -0.497 e. The minimum atomic E-state index is -4.08. The Morgan fingerprint density at radius 1 is 1.00 bits per heavy atom. The molecular formula is C25H26ClNO5S. The van der Waals surface area contributed by atoms with Gasteiger partial charge in [0.15, 0.2) is 0 Å². The summed E-state index contributed by atoms with van der Waals surface area (Å²) in [5.41, 5.74) is 0.957. The van der Waals surface area contributed by atoms with Gasteiger partial charge in [-0.3, -0.25) is 4.79 Å². The first kappa shape index (κ1) is 24.6. The molecule has 0 saturated heterocycles. The van der Waals surface area contributed by atoms with E-state index in [9.17, 15) is 13.2 Å². The van der Waals surface area contributed by atoms with E-state index in [1.165, 1.54) is 19.2 Å². The molecule has 0 aliphatic rings. The fourth-order valence-electron chi connectivity index (χ4n) is 3.25. The lowest BCUT2D eigenvalue weighted by Crippen LogP contribution is -2.38. The van der Waals surface area contributed by atoms with Crippen LogP contribution in [-0.2, 0) is 16.7 Å². The van der Waals surface area contributed by atoms with Gasteiger partial charge in [0.2, 0.25) is 0 Å². The Labute approximate surface area is 199 Å². The van der Waals surface area contributed by atoms with Crippen LogP contribution in [0.5, 0.6) is 11.5 Å². The molecule has 6 nitrogen and oxygen atoms in total. The first-order valence-corrected chi connectivity index (χ1v) is 12.3. The molecule has 174 valence electrons. The predicted molar refractivity (Wildman–Crippen MR) is 128 cm³/mol. The summed E-state index contributed by atoms with van der Waals surface area (Å²) in [6, 6.07) is 19.5. The molecule has 0 unspecified atom stereocenters. The largest absolute Gasteiger partial charge is 0.497 e. The lowest BCUT2D eigenvalue weighted by Gasteiger charge is -2.29. The van der Waals surface area contributed by atoms with E-state index < -0.39 is 10.1 Å². The van der Waals surface area contributed by atoms with Crippen LogP contribution < -0.4 is 8.92 Å².